The van der Waals surface area contributed by atoms with Crippen LogP contribution < -0.4 is 5.32 Å². The molecule has 0 saturated carbocycles. The summed E-state index contributed by atoms with van der Waals surface area (Å²) in [7, 11) is 1.34. The summed E-state index contributed by atoms with van der Waals surface area (Å²) in [5.74, 6) is 1.92. The third-order valence-corrected chi connectivity index (χ3v) is 2.60. The maximum Gasteiger partial charge on any atom is 0.308 e. The minimum Gasteiger partial charge on any atom is -0.469 e. The Morgan fingerprint density at radius 1 is 1.61 bits per heavy atom. The summed E-state index contributed by atoms with van der Waals surface area (Å²) < 4.78 is 10.0. The van der Waals surface area contributed by atoms with E-state index in [4.69, 9.17) is 11.2 Å². The molecule has 0 spiro atoms. The van der Waals surface area contributed by atoms with Crippen LogP contribution in [0.3, 0.4) is 0 Å². The summed E-state index contributed by atoms with van der Waals surface area (Å²) in [6.07, 6.45) is 5.04. The number of hydrogen-bond acceptors (Lipinski definition) is 5. The first kappa shape index (κ1) is 14.5. The van der Waals surface area contributed by atoms with Crippen molar-refractivity contribution in [2.24, 2.45) is 0 Å². The topological polar surface area (TPSA) is 67.9 Å². The normalized spacial score (nSPS) is 19.9. The highest BCUT2D eigenvalue weighted by molar-refractivity contribution is 5.78. The van der Waals surface area contributed by atoms with Gasteiger partial charge in [0, 0.05) is 13.1 Å². The molecule has 1 unspecified atom stereocenters. The summed E-state index contributed by atoms with van der Waals surface area (Å²) in [4.78, 5) is 24.5. The number of carbonyl (C=O) groups excluding carboxylic acids is 2. The second-order valence-corrected chi connectivity index (χ2v) is 3.99. The highest BCUT2D eigenvalue weighted by Gasteiger charge is 2.24. The van der Waals surface area contributed by atoms with E-state index in [0.717, 1.165) is 0 Å². The molecule has 6 nitrogen and oxygen atoms in total. The van der Waals surface area contributed by atoms with Crippen LogP contribution in [-0.2, 0) is 19.1 Å². The van der Waals surface area contributed by atoms with Gasteiger partial charge in [0.2, 0.25) is 5.91 Å². The fraction of sp³-hybridized carbons (Fsp3) is 0.667. The summed E-state index contributed by atoms with van der Waals surface area (Å²) >= 11 is 0. The molecule has 100 valence electrons. The standard InChI is InChI=1S/C12H18N2O4/c1-3-4-13-11(15)9-14-5-6-18-10(8-14)7-12(16)17-2/h1,10H,4-9H2,2H3,(H,13,15). The minimum absolute atomic E-state index is 0.119. The molecule has 0 aromatic carbocycles. The van der Waals surface area contributed by atoms with E-state index >= 15 is 0 Å². The highest BCUT2D eigenvalue weighted by atomic mass is 16.5. The second-order valence-electron chi connectivity index (χ2n) is 3.99. The molecule has 18 heavy (non-hydrogen) atoms. The molecule has 1 aliphatic heterocycles. The third-order valence-electron chi connectivity index (χ3n) is 2.60. The fourth-order valence-corrected chi connectivity index (χ4v) is 1.73. The number of morpholine rings is 1. The number of esters is 1. The number of hydrogen-bond donors (Lipinski definition) is 1. The first-order valence-electron chi connectivity index (χ1n) is 5.76. The zero-order valence-corrected chi connectivity index (χ0v) is 10.5. The Morgan fingerprint density at radius 3 is 3.06 bits per heavy atom. The van der Waals surface area contributed by atoms with Crippen molar-refractivity contribution in [2.75, 3.05) is 39.9 Å². The number of methoxy groups -OCH3 is 1. The van der Waals surface area contributed by atoms with Gasteiger partial charge in [-0.05, 0) is 0 Å². The third kappa shape index (κ3) is 5.17. The lowest BCUT2D eigenvalue weighted by Crippen LogP contribution is -2.47. The largest absolute Gasteiger partial charge is 0.469 e. The van der Waals surface area contributed by atoms with Gasteiger partial charge in [-0.1, -0.05) is 5.92 Å². The van der Waals surface area contributed by atoms with Gasteiger partial charge in [0.1, 0.15) is 0 Å². The molecule has 0 radical (unpaired) electrons. The van der Waals surface area contributed by atoms with Crippen molar-refractivity contribution in [3.63, 3.8) is 0 Å². The number of terminal acetylenes is 1. The van der Waals surface area contributed by atoms with Gasteiger partial charge in [-0.2, -0.15) is 0 Å². The number of nitrogens with zero attached hydrogens (tertiary/aromatic N) is 1. The average molecular weight is 254 g/mol. The Labute approximate surface area is 107 Å². The van der Waals surface area contributed by atoms with Crippen LogP contribution in [0.1, 0.15) is 6.42 Å². The van der Waals surface area contributed by atoms with Gasteiger partial charge in [-0.15, -0.1) is 6.42 Å². The molecular weight excluding hydrogens is 236 g/mol. The lowest BCUT2D eigenvalue weighted by Gasteiger charge is -2.31. The van der Waals surface area contributed by atoms with Crippen molar-refractivity contribution in [3.05, 3.63) is 0 Å². The number of rotatable bonds is 5. The molecule has 1 atom stereocenters. The van der Waals surface area contributed by atoms with Crippen molar-refractivity contribution >= 4 is 11.9 Å². The molecule has 1 saturated heterocycles. The van der Waals surface area contributed by atoms with Gasteiger partial charge in [-0.25, -0.2) is 0 Å². The fourth-order valence-electron chi connectivity index (χ4n) is 1.73. The van der Waals surface area contributed by atoms with Crippen molar-refractivity contribution in [2.45, 2.75) is 12.5 Å². The minimum atomic E-state index is -0.307. The summed E-state index contributed by atoms with van der Waals surface area (Å²) in [6.45, 7) is 2.21. The van der Waals surface area contributed by atoms with Crippen LogP contribution in [0.2, 0.25) is 0 Å². The predicted molar refractivity (Wildman–Crippen MR) is 64.7 cm³/mol. The van der Waals surface area contributed by atoms with Crippen molar-refractivity contribution in [1.82, 2.24) is 10.2 Å². The molecule has 0 aliphatic carbocycles. The van der Waals surface area contributed by atoms with Gasteiger partial charge in [-0.3, -0.25) is 14.5 Å². The van der Waals surface area contributed by atoms with Crippen molar-refractivity contribution in [1.29, 1.82) is 0 Å². The van der Waals surface area contributed by atoms with Crippen LogP contribution in [0.15, 0.2) is 0 Å². The lowest BCUT2D eigenvalue weighted by molar-refractivity contribution is -0.145. The van der Waals surface area contributed by atoms with Crippen LogP contribution in [0.5, 0.6) is 0 Å². The Hall–Kier alpha value is -1.58. The van der Waals surface area contributed by atoms with E-state index in [0.29, 0.717) is 19.7 Å². The first-order chi connectivity index (χ1) is 8.65. The van der Waals surface area contributed by atoms with Crippen LogP contribution in [0.25, 0.3) is 0 Å². The summed E-state index contributed by atoms with van der Waals surface area (Å²) in [5, 5.41) is 2.60. The first-order valence-corrected chi connectivity index (χ1v) is 5.76. The Balaban J connectivity index is 2.32. The van der Waals surface area contributed by atoms with Gasteiger partial charge >= 0.3 is 5.97 Å². The number of ether oxygens (including phenoxy) is 2. The van der Waals surface area contributed by atoms with Gasteiger partial charge in [0.25, 0.3) is 0 Å². The Bertz CT molecular complexity index is 337. The molecule has 1 fully saturated rings. The molecule has 0 aromatic heterocycles. The van der Waals surface area contributed by atoms with Crippen LogP contribution in [-0.4, -0.2) is 62.8 Å². The van der Waals surface area contributed by atoms with E-state index in [2.05, 4.69) is 16.0 Å². The van der Waals surface area contributed by atoms with E-state index in [9.17, 15) is 9.59 Å². The molecule has 1 N–H and O–H groups in total. The van der Waals surface area contributed by atoms with Crippen LogP contribution >= 0.6 is 0 Å². The van der Waals surface area contributed by atoms with Gasteiger partial charge in [0.05, 0.1) is 39.3 Å². The molecule has 0 aromatic rings. The molecular formula is C12H18N2O4. The molecule has 1 heterocycles. The maximum absolute atomic E-state index is 11.5. The lowest BCUT2D eigenvalue weighted by atomic mass is 10.2. The van der Waals surface area contributed by atoms with Crippen molar-refractivity contribution in [3.8, 4) is 12.3 Å². The number of nitrogens with one attached hydrogen (secondary N) is 1. The highest BCUT2D eigenvalue weighted by Crippen LogP contribution is 2.08. The van der Waals surface area contributed by atoms with Crippen molar-refractivity contribution < 1.29 is 19.1 Å². The van der Waals surface area contributed by atoms with E-state index in [-0.39, 0.29) is 37.5 Å². The van der Waals surface area contributed by atoms with Gasteiger partial charge in [0.15, 0.2) is 0 Å². The van der Waals surface area contributed by atoms with Crippen LogP contribution in [0.4, 0.5) is 0 Å². The van der Waals surface area contributed by atoms with E-state index < -0.39 is 0 Å². The molecule has 1 aliphatic rings. The zero-order chi connectivity index (χ0) is 13.4. The smallest absolute Gasteiger partial charge is 0.308 e. The van der Waals surface area contributed by atoms with E-state index in [1.54, 1.807) is 0 Å². The van der Waals surface area contributed by atoms with Crippen LogP contribution in [0, 0.1) is 12.3 Å². The number of carbonyl (C=O) groups is 2. The van der Waals surface area contributed by atoms with Gasteiger partial charge < -0.3 is 14.8 Å². The monoisotopic (exact) mass is 254 g/mol. The summed E-state index contributed by atoms with van der Waals surface area (Å²) in [5.41, 5.74) is 0. The Morgan fingerprint density at radius 2 is 2.39 bits per heavy atom. The molecule has 6 heteroatoms. The molecule has 1 amide bonds. The SMILES string of the molecule is C#CCNC(=O)CN1CCOC(CC(=O)OC)C1. The van der Waals surface area contributed by atoms with E-state index in [1.807, 2.05) is 4.90 Å². The summed E-state index contributed by atoms with van der Waals surface area (Å²) in [6, 6.07) is 0. The van der Waals surface area contributed by atoms with E-state index in [1.165, 1.54) is 7.11 Å². The maximum atomic E-state index is 11.5. The second kappa shape index (κ2) is 7.69. The predicted octanol–water partition coefficient (Wildman–Crippen LogP) is -1.00. The molecule has 0 bridgehead atoms. The zero-order valence-electron chi connectivity index (χ0n) is 10.5. The average Bonchev–Trinajstić information content (AvgIpc) is 2.36. The number of amides is 1. The molecule has 1 rings (SSSR count). The Kier molecular flexibility index (Phi) is 6.19. The quantitative estimate of drug-likeness (QED) is 0.503.